The van der Waals surface area contributed by atoms with Gasteiger partial charge in [-0.15, -0.1) is 0 Å². The van der Waals surface area contributed by atoms with Crippen molar-refractivity contribution in [3.05, 3.63) is 48.0 Å². The number of hydrogen-bond donors (Lipinski definition) is 11. The number of rotatable bonds is 27. The van der Waals surface area contributed by atoms with E-state index in [1.165, 1.54) is 36.7 Å². The molecule has 1 aliphatic rings. The molecule has 0 bridgehead atoms. The number of nitrogens with zero attached hydrogens (tertiary/aromatic N) is 3. The number of guanidine groups is 1. The number of likely N-dealkylation sites (tertiary alicyclic amines) is 1. The van der Waals surface area contributed by atoms with Crippen LogP contribution in [0.1, 0.15) is 83.9 Å². The molecule has 0 radical (unpaired) electrons. The summed E-state index contributed by atoms with van der Waals surface area (Å²) in [5.74, 6) is -6.28. The molecule has 1 aliphatic heterocycles. The second-order valence-electron chi connectivity index (χ2n) is 16.7. The molecule has 65 heavy (non-hydrogen) atoms. The predicted molar refractivity (Wildman–Crippen MR) is 239 cm³/mol. The van der Waals surface area contributed by atoms with Gasteiger partial charge in [-0.05, 0) is 68.1 Å². The van der Waals surface area contributed by atoms with Crippen molar-refractivity contribution in [1.29, 1.82) is 0 Å². The Hall–Kier alpha value is -6.29. The van der Waals surface area contributed by atoms with Gasteiger partial charge >= 0.3 is 5.97 Å². The fourth-order valence-corrected chi connectivity index (χ4v) is 7.28. The Morgan fingerprint density at radius 2 is 1.54 bits per heavy atom. The molecule has 0 saturated carbocycles. The number of phenolic OH excluding ortho intramolecular Hbond substituents is 1. The molecule has 8 atom stereocenters. The third-order valence-corrected chi connectivity index (χ3v) is 11.2. The normalized spacial score (nSPS) is 16.8. The number of carboxylic acids is 1. The summed E-state index contributed by atoms with van der Waals surface area (Å²) in [6, 6.07) is -2.10. The van der Waals surface area contributed by atoms with Gasteiger partial charge in [0, 0.05) is 51.5 Å². The van der Waals surface area contributed by atoms with Crippen LogP contribution in [0.15, 0.2) is 41.8 Å². The fourth-order valence-electron chi connectivity index (χ4n) is 7.28. The van der Waals surface area contributed by atoms with E-state index in [2.05, 4.69) is 41.5 Å². The topological polar surface area (TPSA) is 352 Å². The van der Waals surface area contributed by atoms with E-state index in [9.17, 15) is 43.8 Å². The van der Waals surface area contributed by atoms with E-state index in [1.54, 1.807) is 32.9 Å². The summed E-state index contributed by atoms with van der Waals surface area (Å²) < 4.78 is 5.02. The summed E-state index contributed by atoms with van der Waals surface area (Å²) in [5, 5.41) is 33.3. The van der Waals surface area contributed by atoms with Gasteiger partial charge in [0.2, 0.25) is 35.4 Å². The van der Waals surface area contributed by atoms with Crippen LogP contribution in [0.25, 0.3) is 0 Å². The minimum Gasteiger partial charge on any atom is -0.508 e. The average molecular weight is 913 g/mol. The molecule has 22 heteroatoms. The number of nitrogens with one attached hydrogen (secondary N) is 6. The Balaban J connectivity index is 1.87. The highest BCUT2D eigenvalue weighted by molar-refractivity contribution is 5.97. The summed E-state index contributed by atoms with van der Waals surface area (Å²) in [6.07, 6.45) is 5.00. The number of aromatic nitrogens is 2. The van der Waals surface area contributed by atoms with Crippen LogP contribution in [0, 0.1) is 11.8 Å². The Morgan fingerprint density at radius 3 is 2.14 bits per heavy atom. The second kappa shape index (κ2) is 26.5. The summed E-state index contributed by atoms with van der Waals surface area (Å²) in [6.45, 7) is 7.70. The van der Waals surface area contributed by atoms with Crippen molar-refractivity contribution in [1.82, 2.24) is 41.5 Å². The van der Waals surface area contributed by atoms with E-state index in [0.29, 0.717) is 43.5 Å². The van der Waals surface area contributed by atoms with E-state index in [-0.39, 0.29) is 56.9 Å². The lowest BCUT2D eigenvalue weighted by atomic mass is 9.96. The number of aromatic amines is 1. The van der Waals surface area contributed by atoms with Crippen LogP contribution in [-0.4, -0.2) is 142 Å². The number of phenols is 1. The van der Waals surface area contributed by atoms with Crippen LogP contribution in [-0.2, 0) is 51.1 Å². The number of carboxylic acid groups (broad SMARTS) is 1. The molecule has 14 N–H and O–H groups in total. The molecule has 3 rings (SSSR count). The Bertz CT molecular complexity index is 1910. The first-order valence-electron chi connectivity index (χ1n) is 22.0. The van der Waals surface area contributed by atoms with Gasteiger partial charge in [-0.1, -0.05) is 46.2 Å². The summed E-state index contributed by atoms with van der Waals surface area (Å²) in [4.78, 5) is 108. The number of imidazole rings is 1. The minimum absolute atomic E-state index is 0.0213. The Kier molecular flexibility index (Phi) is 21.6. The number of benzene rings is 1. The van der Waals surface area contributed by atoms with E-state index >= 15 is 0 Å². The first kappa shape index (κ1) is 53.1. The minimum atomic E-state index is -1.30. The molecule has 22 nitrogen and oxygen atoms in total. The molecule has 6 amide bonds. The van der Waals surface area contributed by atoms with E-state index in [0.717, 1.165) is 0 Å². The fraction of sp³-hybridized carbons (Fsp3) is 0.605. The molecule has 0 unspecified atom stereocenters. The van der Waals surface area contributed by atoms with Crippen LogP contribution in [0.4, 0.5) is 0 Å². The molecule has 0 spiro atoms. The summed E-state index contributed by atoms with van der Waals surface area (Å²) in [5.41, 5.74) is 17.9. The van der Waals surface area contributed by atoms with Crippen molar-refractivity contribution >= 4 is 47.4 Å². The lowest BCUT2D eigenvalue weighted by Crippen LogP contribution is -2.61. The van der Waals surface area contributed by atoms with Crippen LogP contribution in [0.3, 0.4) is 0 Å². The van der Waals surface area contributed by atoms with Gasteiger partial charge in [-0.3, -0.25) is 33.8 Å². The maximum atomic E-state index is 14.4. The number of carbonyl (C=O) groups is 7. The second-order valence-corrected chi connectivity index (χ2v) is 16.7. The highest BCUT2D eigenvalue weighted by Crippen LogP contribution is 2.21. The zero-order valence-electron chi connectivity index (χ0n) is 37.9. The third-order valence-electron chi connectivity index (χ3n) is 11.2. The number of ether oxygens (including phenoxy) is 1. The first-order chi connectivity index (χ1) is 30.9. The lowest BCUT2D eigenvalue weighted by Gasteiger charge is -2.32. The summed E-state index contributed by atoms with van der Waals surface area (Å²) in [7, 11) is 1.48. The highest BCUT2D eigenvalue weighted by Gasteiger charge is 2.41. The van der Waals surface area contributed by atoms with Gasteiger partial charge < -0.3 is 68.6 Å². The van der Waals surface area contributed by atoms with Gasteiger partial charge in [0.15, 0.2) is 5.96 Å². The zero-order valence-corrected chi connectivity index (χ0v) is 37.9. The highest BCUT2D eigenvalue weighted by atomic mass is 16.5. The number of hydrogen-bond acceptors (Lipinski definition) is 12. The van der Waals surface area contributed by atoms with Crippen LogP contribution >= 0.6 is 0 Å². The number of amides is 6. The maximum absolute atomic E-state index is 14.4. The molecule has 360 valence electrons. The monoisotopic (exact) mass is 913 g/mol. The Labute approximate surface area is 379 Å². The number of aromatic hydroxyl groups is 1. The van der Waals surface area contributed by atoms with E-state index in [4.69, 9.17) is 21.9 Å². The number of aliphatic imine (C=N–C) groups is 1. The van der Waals surface area contributed by atoms with Crippen LogP contribution in [0.5, 0.6) is 5.75 Å². The molecular formula is C43H68N12O10. The van der Waals surface area contributed by atoms with Crippen LogP contribution in [0.2, 0.25) is 0 Å². The number of methoxy groups -OCH3 is 1. The van der Waals surface area contributed by atoms with Crippen molar-refractivity contribution < 1.29 is 48.5 Å². The number of aliphatic carboxylic acids is 1. The number of carbonyl (C=O) groups excluding carboxylic acids is 6. The van der Waals surface area contributed by atoms with Crippen molar-refractivity contribution in [2.45, 2.75) is 128 Å². The first-order valence-corrected chi connectivity index (χ1v) is 22.0. The van der Waals surface area contributed by atoms with Gasteiger partial charge in [0.05, 0.1) is 12.4 Å². The van der Waals surface area contributed by atoms with Crippen molar-refractivity contribution in [3.63, 3.8) is 0 Å². The Morgan fingerprint density at radius 1 is 0.877 bits per heavy atom. The molecule has 1 fully saturated rings. The van der Waals surface area contributed by atoms with Gasteiger partial charge in [0.25, 0.3) is 0 Å². The maximum Gasteiger partial charge on any atom is 0.326 e. The smallest absolute Gasteiger partial charge is 0.326 e. The van der Waals surface area contributed by atoms with Crippen molar-refractivity contribution in [3.8, 4) is 5.75 Å². The summed E-state index contributed by atoms with van der Waals surface area (Å²) >= 11 is 0. The van der Waals surface area contributed by atoms with Crippen molar-refractivity contribution in [2.75, 3.05) is 26.8 Å². The SMILES string of the molecule is CC[C@H](C)[C@H](NC(=O)[C@H](Cc1ccc(O)cc1)NC(=O)[C@@H](NC(=O)[C@@H](N)CCCN=C(N)N)C(C)C)C(=O)N[C@@H](Cc1cnc[nH]1)C(=O)N1CCC[C@H]1C(=O)N[C@@H](CCCOC)C(=O)O. The predicted octanol–water partition coefficient (Wildman–Crippen LogP) is -1.09. The third kappa shape index (κ3) is 17.0. The van der Waals surface area contributed by atoms with E-state index < -0.39 is 95.5 Å². The van der Waals surface area contributed by atoms with Gasteiger partial charge in [-0.2, -0.15) is 0 Å². The largest absolute Gasteiger partial charge is 0.508 e. The van der Waals surface area contributed by atoms with E-state index in [1.807, 2.05) is 6.92 Å². The standard InChI is InChI=1S/C43H68N12O10/c1-6-25(4)35(40(61)52-32(21-27-22-47-23-49-27)41(62)55-18-8-12-33(55)38(59)50-30(42(63)64)11-9-19-65-5)54-37(58)31(20-26-13-15-28(56)16-14-26)51-39(60)34(24(2)3)53-36(57)29(44)10-7-17-48-43(45)46/h13-16,22-25,29-35,56H,6-12,17-21,44H2,1-5H3,(H,47,49)(H,50,59)(H,51,60)(H,52,61)(H,53,57)(H,54,58)(H,63,64)(H4,45,46,48)/t25-,29-,30-,31-,32-,33-,34-,35-/m0/s1. The van der Waals surface area contributed by atoms with Gasteiger partial charge in [-0.25, -0.2) is 9.78 Å². The zero-order chi connectivity index (χ0) is 48.2. The molecular weight excluding hydrogens is 845 g/mol. The lowest BCUT2D eigenvalue weighted by molar-refractivity contribution is -0.145. The molecule has 1 saturated heterocycles. The quantitative estimate of drug-likeness (QED) is 0.0288. The molecule has 2 heterocycles. The average Bonchev–Trinajstić information content (AvgIpc) is 3.98. The molecule has 0 aliphatic carbocycles. The number of H-pyrrole nitrogens is 1. The van der Waals surface area contributed by atoms with Gasteiger partial charge in [0.1, 0.15) is 42.0 Å². The molecule has 1 aromatic heterocycles. The van der Waals surface area contributed by atoms with Crippen LogP contribution < -0.4 is 43.8 Å². The van der Waals surface area contributed by atoms with Crippen molar-refractivity contribution in [2.24, 2.45) is 34.0 Å². The molecule has 1 aromatic carbocycles. The molecule has 2 aromatic rings. The number of nitrogens with two attached hydrogens (primary N) is 3.